The lowest BCUT2D eigenvalue weighted by Gasteiger charge is -2.06. The molecule has 1 aliphatic heterocycles. The number of rotatable bonds is 5. The van der Waals surface area contributed by atoms with Crippen molar-refractivity contribution in [2.24, 2.45) is 0 Å². The van der Waals surface area contributed by atoms with Crippen LogP contribution in [0.2, 0.25) is 0 Å². The lowest BCUT2D eigenvalue weighted by Crippen LogP contribution is -2.30. The monoisotopic (exact) mass is 240 g/mol. The molecular weight excluding hydrogens is 232 g/mol. The van der Waals surface area contributed by atoms with Crippen LogP contribution in [0.3, 0.4) is 0 Å². The maximum absolute atomic E-state index is 10.6. The summed E-state index contributed by atoms with van der Waals surface area (Å²) in [5.74, 6) is 0.326. The minimum Gasteiger partial charge on any atom is -0.483 e. The first kappa shape index (κ1) is 11.3. The zero-order chi connectivity index (χ0) is 12.5. The molecule has 8 heteroatoms. The number of ether oxygens (including phenoxy) is 2. The van der Waals surface area contributed by atoms with E-state index >= 15 is 0 Å². The quantitative estimate of drug-likeness (QED) is 0.431. The van der Waals surface area contributed by atoms with E-state index in [-0.39, 0.29) is 18.9 Å². The van der Waals surface area contributed by atoms with Crippen LogP contribution in [0.5, 0.6) is 5.75 Å². The van der Waals surface area contributed by atoms with E-state index in [1.54, 1.807) is 0 Å². The normalized spacial score (nSPS) is 21.9. The molecule has 0 bridgehead atoms. The second-order valence-electron chi connectivity index (χ2n) is 3.53. The molecule has 1 aliphatic rings. The molecule has 2 rings (SSSR count). The van der Waals surface area contributed by atoms with Crippen molar-refractivity contribution < 1.29 is 19.3 Å². The van der Waals surface area contributed by atoms with Crippen molar-refractivity contribution in [3.63, 3.8) is 0 Å². The Hall–Kier alpha value is -2.22. The lowest BCUT2D eigenvalue weighted by molar-refractivity contribution is -0.564. The molecule has 90 valence electrons. The van der Waals surface area contributed by atoms with Gasteiger partial charge in [-0.3, -0.25) is 25.0 Å². The average Bonchev–Trinajstić information content (AvgIpc) is 3.08. The van der Waals surface area contributed by atoms with E-state index < -0.39 is 15.6 Å². The molecule has 0 aliphatic carbocycles. The fourth-order valence-corrected chi connectivity index (χ4v) is 1.18. The van der Waals surface area contributed by atoms with Crippen LogP contribution < -0.4 is 4.74 Å². The maximum Gasteiger partial charge on any atom is 0.382 e. The molecule has 0 saturated carbocycles. The van der Waals surface area contributed by atoms with Gasteiger partial charge in [-0.25, -0.2) is 0 Å². The molecule has 8 nitrogen and oxygen atoms in total. The standard InChI is InChI=1S/C9H8N2O6/c12-10(13)7-1-3-8(4-2-7)16-5-9(6-17-9)11(14)15/h1-4H,5-6H2. The van der Waals surface area contributed by atoms with Gasteiger partial charge in [0.15, 0.2) is 13.2 Å². The highest BCUT2D eigenvalue weighted by Crippen LogP contribution is 2.28. The van der Waals surface area contributed by atoms with Crippen molar-refractivity contribution in [2.75, 3.05) is 13.2 Å². The first-order valence-corrected chi connectivity index (χ1v) is 4.69. The topological polar surface area (TPSA) is 108 Å². The third-order valence-corrected chi connectivity index (χ3v) is 2.32. The van der Waals surface area contributed by atoms with Gasteiger partial charge < -0.3 is 4.74 Å². The number of nitrogens with zero attached hydrogens (tertiary/aromatic N) is 2. The summed E-state index contributed by atoms with van der Waals surface area (Å²) in [6.45, 7) is -0.190. The molecule has 17 heavy (non-hydrogen) atoms. The van der Waals surface area contributed by atoms with E-state index in [0.29, 0.717) is 5.75 Å². The Kier molecular flexibility index (Phi) is 2.64. The molecule has 1 saturated heterocycles. The highest BCUT2D eigenvalue weighted by molar-refractivity contribution is 5.36. The Labute approximate surface area is 95.1 Å². The van der Waals surface area contributed by atoms with Gasteiger partial charge in [-0.2, -0.15) is 0 Å². The highest BCUT2D eigenvalue weighted by Gasteiger charge is 2.59. The third-order valence-electron chi connectivity index (χ3n) is 2.32. The van der Waals surface area contributed by atoms with Gasteiger partial charge in [-0.1, -0.05) is 0 Å². The molecule has 0 aromatic heterocycles. The summed E-state index contributed by atoms with van der Waals surface area (Å²) in [6, 6.07) is 5.30. The van der Waals surface area contributed by atoms with Gasteiger partial charge in [-0.15, -0.1) is 0 Å². The Bertz CT molecular complexity index is 453. The summed E-state index contributed by atoms with van der Waals surface area (Å²) < 4.78 is 9.85. The predicted molar refractivity (Wildman–Crippen MR) is 54.3 cm³/mol. The van der Waals surface area contributed by atoms with Crippen LogP contribution >= 0.6 is 0 Å². The first-order valence-electron chi connectivity index (χ1n) is 4.69. The Morgan fingerprint density at radius 1 is 1.29 bits per heavy atom. The number of epoxide rings is 1. The Morgan fingerprint density at radius 3 is 2.29 bits per heavy atom. The minimum atomic E-state index is -1.44. The van der Waals surface area contributed by atoms with Crippen molar-refractivity contribution in [3.8, 4) is 5.75 Å². The van der Waals surface area contributed by atoms with Crippen molar-refractivity contribution in [2.45, 2.75) is 5.72 Å². The maximum atomic E-state index is 10.6. The molecule has 0 spiro atoms. The number of nitro groups is 2. The van der Waals surface area contributed by atoms with E-state index in [9.17, 15) is 20.2 Å². The van der Waals surface area contributed by atoms with Crippen LogP contribution in [-0.2, 0) is 4.74 Å². The molecule has 1 unspecified atom stereocenters. The summed E-state index contributed by atoms with van der Waals surface area (Å²) in [7, 11) is 0. The van der Waals surface area contributed by atoms with Gasteiger partial charge in [0, 0.05) is 12.1 Å². The average molecular weight is 240 g/mol. The van der Waals surface area contributed by atoms with Gasteiger partial charge in [-0.05, 0) is 12.1 Å². The zero-order valence-corrected chi connectivity index (χ0v) is 8.57. The van der Waals surface area contributed by atoms with Gasteiger partial charge in [0.25, 0.3) is 5.69 Å². The third kappa shape index (κ3) is 2.31. The van der Waals surface area contributed by atoms with Crippen LogP contribution in [0.1, 0.15) is 0 Å². The molecular formula is C9H8N2O6. The van der Waals surface area contributed by atoms with Gasteiger partial charge in [0.05, 0.1) is 9.85 Å². The summed E-state index contributed by atoms with van der Waals surface area (Å²) in [4.78, 5) is 19.9. The molecule has 0 amide bonds. The zero-order valence-electron chi connectivity index (χ0n) is 8.57. The second kappa shape index (κ2) is 3.98. The van der Waals surface area contributed by atoms with Crippen molar-refractivity contribution in [1.82, 2.24) is 0 Å². The van der Waals surface area contributed by atoms with E-state index in [4.69, 9.17) is 9.47 Å². The molecule has 0 N–H and O–H groups in total. The molecule has 1 heterocycles. The number of benzene rings is 1. The summed E-state index contributed by atoms with van der Waals surface area (Å²) in [5.41, 5.74) is -1.51. The van der Waals surface area contributed by atoms with Crippen molar-refractivity contribution >= 4 is 5.69 Å². The van der Waals surface area contributed by atoms with E-state index in [0.717, 1.165) is 0 Å². The number of non-ortho nitro benzene ring substituents is 1. The summed E-state index contributed by atoms with van der Waals surface area (Å²) >= 11 is 0. The van der Waals surface area contributed by atoms with Crippen LogP contribution in [-0.4, -0.2) is 28.8 Å². The molecule has 1 aromatic carbocycles. The SMILES string of the molecule is O=[N+]([O-])c1ccc(OCC2([N+](=O)[O-])CO2)cc1. The second-order valence-corrected chi connectivity index (χ2v) is 3.53. The van der Waals surface area contributed by atoms with Crippen LogP contribution in [0.4, 0.5) is 5.69 Å². The van der Waals surface area contributed by atoms with Gasteiger partial charge >= 0.3 is 5.72 Å². The van der Waals surface area contributed by atoms with Crippen LogP contribution in [0.15, 0.2) is 24.3 Å². The van der Waals surface area contributed by atoms with Crippen LogP contribution in [0.25, 0.3) is 0 Å². The number of hydrogen-bond acceptors (Lipinski definition) is 6. The van der Waals surface area contributed by atoms with Crippen LogP contribution in [0, 0.1) is 20.2 Å². The molecule has 0 radical (unpaired) electrons. The van der Waals surface area contributed by atoms with Gasteiger partial charge in [0.2, 0.25) is 0 Å². The fraction of sp³-hybridized carbons (Fsp3) is 0.333. The Morgan fingerprint density at radius 2 is 1.88 bits per heavy atom. The predicted octanol–water partition coefficient (Wildman–Crippen LogP) is 0.977. The van der Waals surface area contributed by atoms with Crippen molar-refractivity contribution in [1.29, 1.82) is 0 Å². The number of hydrogen-bond donors (Lipinski definition) is 0. The molecule has 1 fully saturated rings. The van der Waals surface area contributed by atoms with E-state index in [1.165, 1.54) is 24.3 Å². The summed E-state index contributed by atoms with van der Waals surface area (Å²) in [5, 5.41) is 20.9. The fourth-order valence-electron chi connectivity index (χ4n) is 1.18. The van der Waals surface area contributed by atoms with Gasteiger partial charge in [0.1, 0.15) is 5.75 Å². The van der Waals surface area contributed by atoms with E-state index in [1.807, 2.05) is 0 Å². The molecule has 1 atom stereocenters. The van der Waals surface area contributed by atoms with Crippen molar-refractivity contribution in [3.05, 3.63) is 44.5 Å². The number of nitro benzene ring substituents is 1. The smallest absolute Gasteiger partial charge is 0.382 e. The van der Waals surface area contributed by atoms with E-state index in [2.05, 4.69) is 0 Å². The summed E-state index contributed by atoms with van der Waals surface area (Å²) in [6.07, 6.45) is 0. The Balaban J connectivity index is 1.96. The first-order chi connectivity index (χ1) is 8.03. The lowest BCUT2D eigenvalue weighted by atomic mass is 10.3. The molecule has 1 aromatic rings. The largest absolute Gasteiger partial charge is 0.483 e. The minimum absolute atomic E-state index is 0.0208. The highest BCUT2D eigenvalue weighted by atomic mass is 16.7.